The van der Waals surface area contributed by atoms with Gasteiger partial charge in [-0.25, -0.2) is 4.79 Å². The molecule has 1 aliphatic carbocycles. The molecule has 0 aromatic carbocycles. The van der Waals surface area contributed by atoms with E-state index in [4.69, 9.17) is 10.5 Å². The summed E-state index contributed by atoms with van der Waals surface area (Å²) in [5, 5.41) is 0. The molecule has 1 aromatic heterocycles. The van der Waals surface area contributed by atoms with Crippen LogP contribution in [0.25, 0.3) is 0 Å². The summed E-state index contributed by atoms with van der Waals surface area (Å²) in [5.41, 5.74) is 5.64. The summed E-state index contributed by atoms with van der Waals surface area (Å²) in [5.74, 6) is 0.756. The number of carbonyl (C=O) groups is 2. The number of nitrogens with zero attached hydrogens (tertiary/aromatic N) is 1. The molecular formula is C18H27N2O3+. The highest BCUT2D eigenvalue weighted by Gasteiger charge is 2.33. The van der Waals surface area contributed by atoms with Gasteiger partial charge in [-0.3, -0.25) is 4.79 Å². The third-order valence-corrected chi connectivity index (χ3v) is 4.70. The maximum atomic E-state index is 12.3. The fraction of sp³-hybridized carbons (Fsp3) is 0.611. The van der Waals surface area contributed by atoms with E-state index >= 15 is 0 Å². The fourth-order valence-corrected chi connectivity index (χ4v) is 3.37. The Bertz CT molecular complexity index is 571. The first-order chi connectivity index (χ1) is 10.9. The van der Waals surface area contributed by atoms with Gasteiger partial charge in [0, 0.05) is 6.07 Å². The summed E-state index contributed by atoms with van der Waals surface area (Å²) in [6.07, 6.45) is 6.55. The molecule has 1 saturated carbocycles. The molecule has 0 radical (unpaired) electrons. The molecule has 2 N–H and O–H groups in total. The molecule has 3 atom stereocenters. The van der Waals surface area contributed by atoms with E-state index in [0.29, 0.717) is 23.3 Å². The lowest BCUT2D eigenvalue weighted by Gasteiger charge is -2.36. The normalized spacial score (nSPS) is 24.4. The molecule has 1 aliphatic rings. The van der Waals surface area contributed by atoms with Crippen molar-refractivity contribution in [3.63, 3.8) is 0 Å². The molecule has 126 valence electrons. The lowest BCUT2D eigenvalue weighted by molar-refractivity contribution is -0.686. The van der Waals surface area contributed by atoms with Crippen LogP contribution < -0.4 is 10.3 Å². The minimum atomic E-state index is -0.506. The van der Waals surface area contributed by atoms with E-state index in [1.54, 1.807) is 29.1 Å². The van der Waals surface area contributed by atoms with Crippen LogP contribution >= 0.6 is 0 Å². The van der Waals surface area contributed by atoms with Crippen molar-refractivity contribution in [2.75, 3.05) is 0 Å². The maximum absolute atomic E-state index is 12.3. The number of esters is 1. The number of ether oxygens (including phenoxy) is 1. The highest BCUT2D eigenvalue weighted by atomic mass is 16.5. The van der Waals surface area contributed by atoms with Crippen molar-refractivity contribution < 1.29 is 18.9 Å². The molecule has 0 unspecified atom stereocenters. The number of rotatable bonds is 5. The van der Waals surface area contributed by atoms with Gasteiger partial charge in [0.25, 0.3) is 5.91 Å². The highest BCUT2D eigenvalue weighted by Crippen LogP contribution is 2.35. The van der Waals surface area contributed by atoms with Crippen LogP contribution in [0.15, 0.2) is 24.5 Å². The fourth-order valence-electron chi connectivity index (χ4n) is 3.37. The van der Waals surface area contributed by atoms with Gasteiger partial charge in [0.05, 0.1) is 0 Å². The Kier molecular flexibility index (Phi) is 5.74. The molecule has 1 heterocycles. The van der Waals surface area contributed by atoms with Gasteiger partial charge in [-0.05, 0) is 36.7 Å². The van der Waals surface area contributed by atoms with Gasteiger partial charge in [-0.15, -0.1) is 0 Å². The molecule has 0 saturated heterocycles. The van der Waals surface area contributed by atoms with Gasteiger partial charge in [-0.2, -0.15) is 4.57 Å². The van der Waals surface area contributed by atoms with Crippen molar-refractivity contribution in [1.29, 1.82) is 0 Å². The van der Waals surface area contributed by atoms with E-state index in [-0.39, 0.29) is 18.6 Å². The Morgan fingerprint density at radius 3 is 2.78 bits per heavy atom. The summed E-state index contributed by atoms with van der Waals surface area (Å²) in [7, 11) is 0. The number of amides is 1. The number of hydrogen-bond acceptors (Lipinski definition) is 3. The second-order valence-electron chi connectivity index (χ2n) is 6.98. The Hall–Kier alpha value is -1.91. The first-order valence-electron chi connectivity index (χ1n) is 8.35. The molecule has 5 nitrogen and oxygen atoms in total. The van der Waals surface area contributed by atoms with Crippen LogP contribution in [-0.2, 0) is 16.1 Å². The van der Waals surface area contributed by atoms with E-state index in [1.807, 2.05) is 0 Å². The average molecular weight is 319 g/mol. The Balaban J connectivity index is 2.00. The SMILES string of the molecule is CC(C)[C@@H]1CC[C@H](C)C[C@H]1OC(=O)C[n+]1cccc(C(N)=O)c1. The molecule has 1 aromatic rings. The van der Waals surface area contributed by atoms with Gasteiger partial charge in [0.2, 0.25) is 6.54 Å². The number of aromatic nitrogens is 1. The zero-order chi connectivity index (χ0) is 17.0. The van der Waals surface area contributed by atoms with Crippen LogP contribution in [-0.4, -0.2) is 18.0 Å². The molecule has 1 fully saturated rings. The third-order valence-electron chi connectivity index (χ3n) is 4.70. The van der Waals surface area contributed by atoms with Crippen molar-refractivity contribution >= 4 is 11.9 Å². The number of primary amides is 1. The smallest absolute Gasteiger partial charge is 0.372 e. The van der Waals surface area contributed by atoms with E-state index < -0.39 is 5.91 Å². The first-order valence-corrected chi connectivity index (χ1v) is 8.35. The third kappa shape index (κ3) is 4.78. The van der Waals surface area contributed by atoms with Crippen molar-refractivity contribution in [3.8, 4) is 0 Å². The largest absolute Gasteiger partial charge is 0.457 e. The molecule has 1 amide bonds. The summed E-state index contributed by atoms with van der Waals surface area (Å²) in [6.45, 7) is 6.68. The van der Waals surface area contributed by atoms with E-state index in [0.717, 1.165) is 12.8 Å². The van der Waals surface area contributed by atoms with E-state index in [9.17, 15) is 9.59 Å². The van der Waals surface area contributed by atoms with Crippen LogP contribution in [0.3, 0.4) is 0 Å². The van der Waals surface area contributed by atoms with Crippen LogP contribution in [0.2, 0.25) is 0 Å². The van der Waals surface area contributed by atoms with Crippen molar-refractivity contribution in [3.05, 3.63) is 30.1 Å². The summed E-state index contributed by atoms with van der Waals surface area (Å²) < 4.78 is 7.40. The summed E-state index contributed by atoms with van der Waals surface area (Å²) in [4.78, 5) is 23.5. The number of nitrogens with two attached hydrogens (primary N) is 1. The minimum absolute atomic E-state index is 0.00817. The molecule has 0 bridgehead atoms. The molecule has 0 spiro atoms. The number of hydrogen-bond donors (Lipinski definition) is 1. The standard InChI is InChI=1S/C18H26N2O3/c1-12(2)15-7-6-13(3)9-16(15)23-17(21)11-20-8-4-5-14(10-20)18(19)22/h4-5,8,10,12-13,15-16H,6-7,9,11H2,1-3H3,(H-,19,22)/p+1/t13-,15-,16+/m0/s1. The summed E-state index contributed by atoms with van der Waals surface area (Å²) >= 11 is 0. The molecule has 2 rings (SSSR count). The molecule has 23 heavy (non-hydrogen) atoms. The van der Waals surface area contributed by atoms with Crippen LogP contribution in [0.5, 0.6) is 0 Å². The van der Waals surface area contributed by atoms with Crippen LogP contribution in [0.1, 0.15) is 50.4 Å². The lowest BCUT2D eigenvalue weighted by atomic mass is 9.75. The predicted octanol–water partition coefficient (Wildman–Crippen LogP) is 2.08. The predicted molar refractivity (Wildman–Crippen MR) is 86.4 cm³/mol. The second kappa shape index (κ2) is 7.57. The summed E-state index contributed by atoms with van der Waals surface area (Å²) in [6, 6.07) is 3.33. The first kappa shape index (κ1) is 17.4. The topological polar surface area (TPSA) is 73.3 Å². The Morgan fingerprint density at radius 2 is 2.13 bits per heavy atom. The van der Waals surface area contributed by atoms with Gasteiger partial charge in [0.15, 0.2) is 12.4 Å². The zero-order valence-corrected chi connectivity index (χ0v) is 14.2. The molecule has 0 aliphatic heterocycles. The number of carbonyl (C=O) groups excluding carboxylic acids is 2. The van der Waals surface area contributed by atoms with Crippen LogP contribution in [0, 0.1) is 17.8 Å². The van der Waals surface area contributed by atoms with Crippen molar-refractivity contribution in [1.82, 2.24) is 0 Å². The highest BCUT2D eigenvalue weighted by molar-refractivity contribution is 5.92. The quantitative estimate of drug-likeness (QED) is 0.667. The van der Waals surface area contributed by atoms with Gasteiger partial charge < -0.3 is 10.5 Å². The minimum Gasteiger partial charge on any atom is -0.457 e. The van der Waals surface area contributed by atoms with Crippen molar-refractivity contribution in [2.45, 2.75) is 52.7 Å². The van der Waals surface area contributed by atoms with Gasteiger partial charge in [-0.1, -0.05) is 27.2 Å². The zero-order valence-electron chi connectivity index (χ0n) is 14.2. The lowest BCUT2D eigenvalue weighted by Crippen LogP contribution is -2.42. The van der Waals surface area contributed by atoms with E-state index in [2.05, 4.69) is 20.8 Å². The van der Waals surface area contributed by atoms with Gasteiger partial charge in [0.1, 0.15) is 11.7 Å². The Labute approximate surface area is 137 Å². The molecular weight excluding hydrogens is 292 g/mol. The second-order valence-corrected chi connectivity index (χ2v) is 6.98. The van der Waals surface area contributed by atoms with Crippen molar-refractivity contribution in [2.24, 2.45) is 23.5 Å². The average Bonchev–Trinajstić information content (AvgIpc) is 2.47. The molecule has 5 heteroatoms. The monoisotopic (exact) mass is 319 g/mol. The van der Waals surface area contributed by atoms with Crippen LogP contribution in [0.4, 0.5) is 0 Å². The van der Waals surface area contributed by atoms with E-state index in [1.165, 1.54) is 6.42 Å². The van der Waals surface area contributed by atoms with Gasteiger partial charge >= 0.3 is 5.97 Å². The maximum Gasteiger partial charge on any atom is 0.372 e. The number of pyridine rings is 1. The Morgan fingerprint density at radius 1 is 1.39 bits per heavy atom.